The zero-order valence-electron chi connectivity index (χ0n) is 16.3. The van der Waals surface area contributed by atoms with Gasteiger partial charge in [-0.05, 0) is 39.4 Å². The number of hydrogen-bond acceptors (Lipinski definition) is 6. The van der Waals surface area contributed by atoms with Crippen molar-refractivity contribution >= 4 is 34.5 Å². The number of hydrogen-bond donors (Lipinski definition) is 3. The van der Waals surface area contributed by atoms with Gasteiger partial charge in [-0.25, -0.2) is 14.8 Å². The minimum Gasteiger partial charge on any atom is -0.444 e. The van der Waals surface area contributed by atoms with E-state index in [2.05, 4.69) is 39.4 Å². The minimum absolute atomic E-state index is 0.0873. The van der Waals surface area contributed by atoms with Gasteiger partial charge >= 0.3 is 6.09 Å². The van der Waals surface area contributed by atoms with Crippen molar-refractivity contribution in [1.29, 1.82) is 0 Å². The van der Waals surface area contributed by atoms with E-state index in [0.29, 0.717) is 16.6 Å². The molecule has 1 amide bonds. The second kappa shape index (κ2) is 7.18. The van der Waals surface area contributed by atoms with E-state index in [9.17, 15) is 4.79 Å². The zero-order valence-corrected chi connectivity index (χ0v) is 17.0. The number of imidazole rings is 1. The Balaban J connectivity index is 1.46. The molecule has 5 rings (SSSR count). The molecule has 0 aromatic carbocycles. The highest BCUT2D eigenvalue weighted by Crippen LogP contribution is 2.44. The lowest BCUT2D eigenvalue weighted by atomic mass is 9.96. The number of aromatic amines is 1. The smallest absolute Gasteiger partial charge is 0.404 e. The highest BCUT2D eigenvalue weighted by atomic mass is 35.5. The van der Waals surface area contributed by atoms with Crippen LogP contribution in [-0.2, 0) is 4.74 Å². The number of nitrogens with one attached hydrogen (secondary N) is 2. The molecule has 0 spiro atoms. The Labute approximate surface area is 173 Å². The minimum atomic E-state index is -0.750. The number of aromatic nitrogens is 3. The van der Waals surface area contributed by atoms with Crippen LogP contribution in [0.3, 0.4) is 0 Å². The summed E-state index contributed by atoms with van der Waals surface area (Å²) in [5, 5.41) is 4.04. The van der Waals surface area contributed by atoms with Crippen molar-refractivity contribution in [2.24, 2.45) is 17.6 Å². The number of primary amides is 1. The molecule has 1 aliphatic heterocycles. The Hall–Kier alpha value is -2.32. The number of anilines is 1. The number of halogens is 1. The number of carbonyl (C=O) groups is 1. The SMILES string of the molecule is CN1CCC(c2nc3ncc(Cl)c(N[C@H]4[C@@H](OC(N)=O)[C@@H]5C=C[C@H]4C5)c3[nH]2)CC1. The Morgan fingerprint density at radius 1 is 1.34 bits per heavy atom. The van der Waals surface area contributed by atoms with Gasteiger partial charge in [-0.3, -0.25) is 0 Å². The number of carbonyl (C=O) groups excluding carboxylic acids is 1. The standard InChI is InChI=1S/C20H25ClN6O2/c1-27-6-4-10(5-7-27)18-25-16-15(13(21)9-23-19(16)26-18)24-14-11-2-3-12(8-11)17(14)29-20(22)28/h2-3,9-12,14,17H,4-8H2,1H3,(H2,22,28)(H2,23,24,25,26)/t11-,12+,14+,17-/m0/s1. The predicted octanol–water partition coefficient (Wildman–Crippen LogP) is 2.87. The number of fused-ring (bicyclic) bond motifs is 3. The van der Waals surface area contributed by atoms with Crippen LogP contribution < -0.4 is 11.1 Å². The lowest BCUT2D eigenvalue weighted by Crippen LogP contribution is -2.41. The normalized spacial score (nSPS) is 29.6. The van der Waals surface area contributed by atoms with Gasteiger partial charge < -0.3 is 25.7 Å². The molecule has 4 N–H and O–H groups in total. The van der Waals surface area contributed by atoms with Crippen LogP contribution in [0.25, 0.3) is 11.2 Å². The molecule has 154 valence electrons. The van der Waals surface area contributed by atoms with Crippen LogP contribution in [0.4, 0.5) is 10.5 Å². The number of H-pyrrole nitrogens is 1. The van der Waals surface area contributed by atoms with Gasteiger partial charge in [0.1, 0.15) is 17.4 Å². The second-order valence-electron chi connectivity index (χ2n) is 8.40. The van der Waals surface area contributed by atoms with Gasteiger partial charge in [0.25, 0.3) is 0 Å². The van der Waals surface area contributed by atoms with Crippen LogP contribution in [0.15, 0.2) is 18.3 Å². The molecule has 3 heterocycles. The van der Waals surface area contributed by atoms with Crippen molar-refractivity contribution in [2.75, 3.05) is 25.5 Å². The van der Waals surface area contributed by atoms with Gasteiger partial charge in [-0.1, -0.05) is 23.8 Å². The molecule has 0 unspecified atom stereocenters. The monoisotopic (exact) mass is 416 g/mol. The molecule has 4 atom stereocenters. The number of likely N-dealkylation sites (tertiary alicyclic amines) is 1. The zero-order chi connectivity index (χ0) is 20.1. The summed E-state index contributed by atoms with van der Waals surface area (Å²) in [6.07, 6.45) is 7.92. The van der Waals surface area contributed by atoms with Crippen LogP contribution >= 0.6 is 11.6 Å². The molecule has 3 aliphatic rings. The van der Waals surface area contributed by atoms with Crippen LogP contribution in [0, 0.1) is 11.8 Å². The largest absolute Gasteiger partial charge is 0.444 e. The Morgan fingerprint density at radius 2 is 2.10 bits per heavy atom. The molecule has 9 heteroatoms. The van der Waals surface area contributed by atoms with E-state index in [1.165, 1.54) is 0 Å². The lowest BCUT2D eigenvalue weighted by Gasteiger charge is -2.29. The maximum atomic E-state index is 11.4. The number of amides is 1. The van der Waals surface area contributed by atoms with Gasteiger partial charge in [-0.2, -0.15) is 0 Å². The van der Waals surface area contributed by atoms with E-state index in [1.54, 1.807) is 6.20 Å². The average molecular weight is 417 g/mol. The molecular weight excluding hydrogens is 392 g/mol. The topological polar surface area (TPSA) is 109 Å². The summed E-state index contributed by atoms with van der Waals surface area (Å²) in [5.41, 5.74) is 7.52. The Morgan fingerprint density at radius 3 is 2.86 bits per heavy atom. The number of piperidine rings is 1. The first-order valence-electron chi connectivity index (χ1n) is 10.1. The Kier molecular flexibility index (Phi) is 4.63. The molecule has 1 saturated heterocycles. The fourth-order valence-corrected chi connectivity index (χ4v) is 5.19. The molecule has 2 aromatic rings. The van der Waals surface area contributed by atoms with E-state index < -0.39 is 6.09 Å². The van der Waals surface area contributed by atoms with Gasteiger partial charge in [0.05, 0.1) is 22.9 Å². The van der Waals surface area contributed by atoms with Crippen molar-refractivity contribution in [1.82, 2.24) is 19.9 Å². The number of pyridine rings is 1. The third kappa shape index (κ3) is 3.34. The summed E-state index contributed by atoms with van der Waals surface area (Å²) < 4.78 is 5.43. The number of nitrogens with two attached hydrogens (primary N) is 1. The third-order valence-electron chi connectivity index (χ3n) is 6.55. The average Bonchev–Trinajstić information content (AvgIpc) is 3.40. The van der Waals surface area contributed by atoms with Crippen molar-refractivity contribution in [3.8, 4) is 0 Å². The van der Waals surface area contributed by atoms with Crippen molar-refractivity contribution < 1.29 is 9.53 Å². The summed E-state index contributed by atoms with van der Waals surface area (Å²) >= 11 is 6.52. The number of rotatable bonds is 4. The first-order valence-corrected chi connectivity index (χ1v) is 10.5. The van der Waals surface area contributed by atoms with Crippen LogP contribution in [0.5, 0.6) is 0 Å². The van der Waals surface area contributed by atoms with Crippen LogP contribution in [0.1, 0.15) is 31.0 Å². The van der Waals surface area contributed by atoms with Gasteiger partial charge in [-0.15, -0.1) is 0 Å². The first-order chi connectivity index (χ1) is 14.0. The summed E-state index contributed by atoms with van der Waals surface area (Å²) in [6.45, 7) is 2.12. The molecule has 0 radical (unpaired) electrons. The van der Waals surface area contributed by atoms with Crippen molar-refractivity contribution in [3.05, 3.63) is 29.2 Å². The maximum Gasteiger partial charge on any atom is 0.404 e. The molecule has 29 heavy (non-hydrogen) atoms. The van der Waals surface area contributed by atoms with E-state index in [-0.39, 0.29) is 24.0 Å². The van der Waals surface area contributed by atoms with Gasteiger partial charge in [0, 0.05) is 17.8 Å². The highest BCUT2D eigenvalue weighted by Gasteiger charge is 2.47. The van der Waals surface area contributed by atoms with E-state index in [1.807, 2.05) is 0 Å². The van der Waals surface area contributed by atoms with E-state index >= 15 is 0 Å². The molecule has 2 fully saturated rings. The molecule has 2 bridgehead atoms. The summed E-state index contributed by atoms with van der Waals surface area (Å²) in [5.74, 6) is 1.80. The molecular formula is C20H25ClN6O2. The Bertz CT molecular complexity index is 967. The third-order valence-corrected chi connectivity index (χ3v) is 6.83. The fourth-order valence-electron chi connectivity index (χ4n) is 5.00. The van der Waals surface area contributed by atoms with Crippen molar-refractivity contribution in [3.63, 3.8) is 0 Å². The molecule has 2 aromatic heterocycles. The quantitative estimate of drug-likeness (QED) is 0.661. The summed E-state index contributed by atoms with van der Waals surface area (Å²) in [4.78, 5) is 26.4. The number of nitrogens with zero attached hydrogens (tertiary/aromatic N) is 3. The van der Waals surface area contributed by atoms with Gasteiger partial charge in [0.15, 0.2) is 5.65 Å². The molecule has 2 aliphatic carbocycles. The molecule has 8 nitrogen and oxygen atoms in total. The highest BCUT2D eigenvalue weighted by molar-refractivity contribution is 6.34. The molecule has 1 saturated carbocycles. The van der Waals surface area contributed by atoms with E-state index in [0.717, 1.165) is 49.4 Å². The fraction of sp³-hybridized carbons (Fsp3) is 0.550. The summed E-state index contributed by atoms with van der Waals surface area (Å²) in [7, 11) is 2.15. The van der Waals surface area contributed by atoms with Gasteiger partial charge in [0.2, 0.25) is 0 Å². The second-order valence-corrected chi connectivity index (χ2v) is 8.81. The van der Waals surface area contributed by atoms with E-state index in [4.69, 9.17) is 27.1 Å². The maximum absolute atomic E-state index is 11.4. The number of ether oxygens (including phenoxy) is 1. The summed E-state index contributed by atoms with van der Waals surface area (Å²) in [6, 6.07) is -0.0873. The van der Waals surface area contributed by atoms with Crippen LogP contribution in [-0.4, -0.2) is 58.2 Å². The van der Waals surface area contributed by atoms with Crippen LogP contribution in [0.2, 0.25) is 5.02 Å². The van der Waals surface area contributed by atoms with Crippen molar-refractivity contribution in [2.45, 2.75) is 37.3 Å². The lowest BCUT2D eigenvalue weighted by molar-refractivity contribution is 0.0854. The predicted molar refractivity (Wildman–Crippen MR) is 111 cm³/mol. The first kappa shape index (κ1) is 18.7.